The van der Waals surface area contributed by atoms with Crippen molar-refractivity contribution in [1.29, 1.82) is 0 Å². The Bertz CT molecular complexity index is 1760. The molecule has 0 radical (unpaired) electrons. The van der Waals surface area contributed by atoms with E-state index in [0.717, 1.165) is 16.6 Å². The van der Waals surface area contributed by atoms with E-state index in [0.29, 0.717) is 44.3 Å². The first-order valence-corrected chi connectivity index (χ1v) is 12.8. The Morgan fingerprint density at radius 3 is 2.77 bits per heavy atom. The molecule has 0 fully saturated rings. The van der Waals surface area contributed by atoms with Crippen LogP contribution in [0.15, 0.2) is 77.6 Å². The standard InChI is InChI=1S/C28H23N5O5S/c1-32(26(34)18-7-5-9-29-14-18)19-8-4-6-17(10-19)16-37-23-11-20(35-2)12-24-21(23)13-25(38-24)22-15-33-27(30-22)39-28(31-33)36-3/h4-15H,16H2,1-3H3. The first kappa shape index (κ1) is 24.4. The number of benzene rings is 2. The van der Waals surface area contributed by atoms with Crippen molar-refractivity contribution < 1.29 is 23.4 Å². The number of hydrogen-bond donors (Lipinski definition) is 0. The summed E-state index contributed by atoms with van der Waals surface area (Å²) in [4.78, 5) is 23.8. The topological polar surface area (TPSA) is 104 Å². The fourth-order valence-corrected chi connectivity index (χ4v) is 4.84. The Morgan fingerprint density at radius 1 is 1.10 bits per heavy atom. The van der Waals surface area contributed by atoms with Crippen molar-refractivity contribution in [2.75, 3.05) is 26.2 Å². The molecule has 6 aromatic rings. The third kappa shape index (κ3) is 4.75. The number of anilines is 1. The lowest BCUT2D eigenvalue weighted by Crippen LogP contribution is -2.26. The lowest BCUT2D eigenvalue weighted by molar-refractivity contribution is 0.0992. The van der Waals surface area contributed by atoms with Crippen LogP contribution in [-0.2, 0) is 6.61 Å². The summed E-state index contributed by atoms with van der Waals surface area (Å²) in [6.07, 6.45) is 4.98. The van der Waals surface area contributed by atoms with Crippen molar-refractivity contribution in [3.63, 3.8) is 0 Å². The van der Waals surface area contributed by atoms with Crippen molar-refractivity contribution in [2.24, 2.45) is 0 Å². The molecule has 0 saturated heterocycles. The van der Waals surface area contributed by atoms with Gasteiger partial charge in [-0.25, -0.2) is 9.50 Å². The third-order valence-electron chi connectivity index (χ3n) is 6.17. The Labute approximate surface area is 227 Å². The lowest BCUT2D eigenvalue weighted by Gasteiger charge is -2.18. The molecule has 2 aromatic carbocycles. The Kier molecular flexibility index (Phi) is 6.33. The Balaban J connectivity index is 1.26. The van der Waals surface area contributed by atoms with E-state index in [4.69, 9.17) is 18.6 Å². The Hall–Kier alpha value is -4.90. The molecule has 0 N–H and O–H groups in total. The van der Waals surface area contributed by atoms with Gasteiger partial charge in [0.05, 0.1) is 31.4 Å². The van der Waals surface area contributed by atoms with Gasteiger partial charge in [0.2, 0.25) is 4.96 Å². The number of imidazole rings is 1. The fraction of sp³-hybridized carbons (Fsp3) is 0.143. The van der Waals surface area contributed by atoms with E-state index in [-0.39, 0.29) is 12.5 Å². The van der Waals surface area contributed by atoms with Crippen molar-refractivity contribution in [2.45, 2.75) is 6.61 Å². The normalized spacial score (nSPS) is 11.2. The smallest absolute Gasteiger partial charge is 0.294 e. The predicted octanol–water partition coefficient (Wildman–Crippen LogP) is 5.47. The molecule has 11 heteroatoms. The van der Waals surface area contributed by atoms with Crippen molar-refractivity contribution in [3.05, 3.63) is 84.3 Å². The van der Waals surface area contributed by atoms with Crippen LogP contribution in [0.4, 0.5) is 5.69 Å². The van der Waals surface area contributed by atoms with Crippen LogP contribution in [0.3, 0.4) is 0 Å². The van der Waals surface area contributed by atoms with Gasteiger partial charge >= 0.3 is 0 Å². The highest BCUT2D eigenvalue weighted by molar-refractivity contribution is 7.18. The highest BCUT2D eigenvalue weighted by Crippen LogP contribution is 2.37. The molecule has 0 spiro atoms. The van der Waals surface area contributed by atoms with Gasteiger partial charge in [0.15, 0.2) is 5.76 Å². The minimum atomic E-state index is -0.144. The molecule has 0 atom stereocenters. The summed E-state index contributed by atoms with van der Waals surface area (Å²) in [6.45, 7) is 0.273. The number of nitrogens with zero attached hydrogens (tertiary/aromatic N) is 5. The molecule has 0 bridgehead atoms. The molecule has 0 aliphatic heterocycles. The largest absolute Gasteiger partial charge is 0.496 e. The van der Waals surface area contributed by atoms with Crippen LogP contribution in [-0.4, -0.2) is 46.8 Å². The number of pyridine rings is 1. The SMILES string of the molecule is COc1cc(OCc2cccc(N(C)C(=O)c3cccnc3)c2)c2cc(-c3cn4nc(OC)sc4n3)oc2c1. The van der Waals surface area contributed by atoms with E-state index in [2.05, 4.69) is 15.1 Å². The average molecular weight is 542 g/mol. The predicted molar refractivity (Wildman–Crippen MR) is 147 cm³/mol. The van der Waals surface area contributed by atoms with Crippen LogP contribution in [0.5, 0.6) is 16.7 Å². The molecule has 4 aromatic heterocycles. The zero-order chi connectivity index (χ0) is 26.9. The van der Waals surface area contributed by atoms with Gasteiger partial charge in [-0.2, -0.15) is 0 Å². The number of aromatic nitrogens is 4. The van der Waals surface area contributed by atoms with Crippen molar-refractivity contribution >= 4 is 38.9 Å². The monoisotopic (exact) mass is 541 g/mol. The number of carbonyl (C=O) groups is 1. The minimum Gasteiger partial charge on any atom is -0.496 e. The van der Waals surface area contributed by atoms with Gasteiger partial charge in [0.1, 0.15) is 29.4 Å². The molecule has 0 aliphatic rings. The van der Waals surface area contributed by atoms with Gasteiger partial charge in [0.25, 0.3) is 11.1 Å². The van der Waals surface area contributed by atoms with Crippen LogP contribution in [0.25, 0.3) is 27.4 Å². The number of fused-ring (bicyclic) bond motifs is 2. The van der Waals surface area contributed by atoms with E-state index in [1.54, 1.807) is 61.4 Å². The zero-order valence-corrected chi connectivity index (χ0v) is 22.1. The second-order valence-electron chi connectivity index (χ2n) is 8.64. The van der Waals surface area contributed by atoms with Gasteiger partial charge in [0, 0.05) is 37.3 Å². The maximum atomic E-state index is 12.9. The first-order valence-electron chi connectivity index (χ1n) is 11.9. The number of amides is 1. The van der Waals surface area contributed by atoms with E-state index < -0.39 is 0 Å². The van der Waals surface area contributed by atoms with E-state index >= 15 is 0 Å². The summed E-state index contributed by atoms with van der Waals surface area (Å²) >= 11 is 1.34. The fourth-order valence-electron chi connectivity index (χ4n) is 4.15. The summed E-state index contributed by atoms with van der Waals surface area (Å²) in [5.41, 5.74) is 3.41. The van der Waals surface area contributed by atoms with Crippen LogP contribution >= 0.6 is 11.3 Å². The molecule has 196 valence electrons. The van der Waals surface area contributed by atoms with Gasteiger partial charge in [-0.15, -0.1) is 5.10 Å². The van der Waals surface area contributed by atoms with Crippen LogP contribution in [0.1, 0.15) is 15.9 Å². The van der Waals surface area contributed by atoms with Gasteiger partial charge < -0.3 is 23.5 Å². The number of hydrogen-bond acceptors (Lipinski definition) is 9. The molecule has 0 unspecified atom stereocenters. The maximum absolute atomic E-state index is 12.9. The van der Waals surface area contributed by atoms with E-state index in [1.165, 1.54) is 11.3 Å². The Morgan fingerprint density at radius 2 is 2.00 bits per heavy atom. The lowest BCUT2D eigenvalue weighted by atomic mass is 10.1. The number of rotatable bonds is 8. The van der Waals surface area contributed by atoms with Crippen LogP contribution in [0.2, 0.25) is 0 Å². The highest BCUT2D eigenvalue weighted by Gasteiger charge is 2.18. The molecular formula is C28H23N5O5S. The molecule has 0 saturated carbocycles. The van der Waals surface area contributed by atoms with Gasteiger partial charge in [-0.05, 0) is 47.2 Å². The summed E-state index contributed by atoms with van der Waals surface area (Å²) in [6, 6.07) is 16.7. The molecule has 1 amide bonds. The molecule has 6 rings (SSSR count). The molecule has 39 heavy (non-hydrogen) atoms. The summed E-state index contributed by atoms with van der Waals surface area (Å²) in [5.74, 6) is 1.64. The number of ether oxygens (including phenoxy) is 3. The van der Waals surface area contributed by atoms with Crippen LogP contribution in [0, 0.1) is 0 Å². The van der Waals surface area contributed by atoms with Gasteiger partial charge in [-0.1, -0.05) is 12.1 Å². The highest BCUT2D eigenvalue weighted by atomic mass is 32.1. The van der Waals surface area contributed by atoms with Crippen LogP contribution < -0.4 is 19.1 Å². The summed E-state index contributed by atoms with van der Waals surface area (Å²) in [7, 11) is 4.90. The van der Waals surface area contributed by atoms with Gasteiger partial charge in [-0.3, -0.25) is 9.78 Å². The zero-order valence-electron chi connectivity index (χ0n) is 21.3. The molecular weight excluding hydrogens is 518 g/mol. The molecule has 10 nitrogen and oxygen atoms in total. The van der Waals surface area contributed by atoms with Crippen molar-refractivity contribution in [3.8, 4) is 28.1 Å². The number of furan rings is 1. The molecule has 4 heterocycles. The summed E-state index contributed by atoms with van der Waals surface area (Å²) in [5, 5.41) is 5.64. The number of carbonyl (C=O) groups excluding carboxylic acids is 1. The first-order chi connectivity index (χ1) is 19.0. The average Bonchev–Trinajstić information content (AvgIpc) is 3.69. The maximum Gasteiger partial charge on any atom is 0.294 e. The second kappa shape index (κ2) is 10.1. The number of methoxy groups -OCH3 is 2. The van der Waals surface area contributed by atoms with E-state index in [1.807, 2.05) is 42.5 Å². The molecule has 0 aliphatic carbocycles. The minimum absolute atomic E-state index is 0.144. The van der Waals surface area contributed by atoms with E-state index in [9.17, 15) is 4.79 Å². The quantitative estimate of drug-likeness (QED) is 0.250. The van der Waals surface area contributed by atoms with Crippen molar-refractivity contribution in [1.82, 2.24) is 19.6 Å². The second-order valence-corrected chi connectivity index (χ2v) is 9.56. The third-order valence-corrected chi connectivity index (χ3v) is 7.05. The summed E-state index contributed by atoms with van der Waals surface area (Å²) < 4.78 is 24.7.